The molecule has 3 unspecified atom stereocenters. The van der Waals surface area contributed by atoms with Gasteiger partial charge >= 0.3 is 0 Å². The Labute approximate surface area is 171 Å². The van der Waals surface area contributed by atoms with E-state index in [1.807, 2.05) is 0 Å². The number of ether oxygens (including phenoxy) is 2. The summed E-state index contributed by atoms with van der Waals surface area (Å²) in [4.78, 5) is 24.3. The third-order valence-corrected chi connectivity index (χ3v) is 5.58. The van der Waals surface area contributed by atoms with Crippen LogP contribution in [0.25, 0.3) is 0 Å². The Balaban J connectivity index is 1.51. The van der Waals surface area contributed by atoms with E-state index in [1.165, 1.54) is 12.5 Å². The number of carbonyl (C=O) groups excluding carboxylic acids is 2. The minimum Gasteiger partial charge on any atom is -0.496 e. The zero-order valence-electron chi connectivity index (χ0n) is 14.2. The highest BCUT2D eigenvalue weighted by atomic mass is 35.5. The fourth-order valence-electron chi connectivity index (χ4n) is 3.00. The number of amides is 1. The number of rotatable bonds is 5. The largest absolute Gasteiger partial charge is 0.496 e. The maximum absolute atomic E-state index is 12.5. The summed E-state index contributed by atoms with van der Waals surface area (Å²) in [5, 5.41) is 4.32. The van der Waals surface area contributed by atoms with E-state index in [1.54, 1.807) is 18.2 Å². The Hall–Kier alpha value is -1.76. The van der Waals surface area contributed by atoms with Crippen LogP contribution >= 0.6 is 34.8 Å². The van der Waals surface area contributed by atoms with Crippen molar-refractivity contribution in [2.45, 2.75) is 30.7 Å². The minimum atomic E-state index is -0.511. The molecule has 1 aromatic carbocycles. The summed E-state index contributed by atoms with van der Waals surface area (Å²) in [6, 6.07) is 4.87. The molecule has 1 fully saturated rings. The number of benzene rings is 1. The van der Waals surface area contributed by atoms with Crippen LogP contribution in [0.2, 0.25) is 10.0 Å². The molecule has 1 aliphatic carbocycles. The average Bonchev–Trinajstić information content (AvgIpc) is 2.65. The molecule has 9 heteroatoms. The van der Waals surface area contributed by atoms with Crippen molar-refractivity contribution in [3.63, 3.8) is 0 Å². The number of allylic oxidation sites excluding steroid dienone is 1. The van der Waals surface area contributed by atoms with E-state index in [2.05, 4.69) is 10.5 Å². The Bertz CT molecular complexity index is 797. The molecule has 144 valence electrons. The highest BCUT2D eigenvalue weighted by molar-refractivity contribution is 6.42. The fraction of sp³-hybridized carbons (Fsp3) is 0.389. The molecule has 3 rings (SSSR count). The van der Waals surface area contributed by atoms with Crippen molar-refractivity contribution < 1.29 is 19.1 Å². The highest BCUT2D eigenvalue weighted by Crippen LogP contribution is 2.35. The van der Waals surface area contributed by atoms with Crippen molar-refractivity contribution in [3.8, 4) is 5.75 Å². The van der Waals surface area contributed by atoms with E-state index < -0.39 is 5.91 Å². The van der Waals surface area contributed by atoms with E-state index in [4.69, 9.17) is 44.3 Å². The number of carbonyl (C=O) groups is 2. The van der Waals surface area contributed by atoms with Gasteiger partial charge in [0, 0.05) is 5.38 Å². The van der Waals surface area contributed by atoms with Crippen molar-refractivity contribution >= 4 is 52.7 Å². The predicted octanol–water partition coefficient (Wildman–Crippen LogP) is 3.73. The van der Waals surface area contributed by atoms with Crippen molar-refractivity contribution in [2.75, 3.05) is 6.61 Å². The molecule has 2 aliphatic rings. The lowest BCUT2D eigenvalue weighted by Gasteiger charge is -2.35. The van der Waals surface area contributed by atoms with Crippen LogP contribution < -0.4 is 10.2 Å². The van der Waals surface area contributed by atoms with Crippen LogP contribution in [0, 0.1) is 5.92 Å². The van der Waals surface area contributed by atoms with Gasteiger partial charge in [0.1, 0.15) is 16.9 Å². The van der Waals surface area contributed by atoms with Gasteiger partial charge in [-0.1, -0.05) is 29.3 Å². The fourth-order valence-corrected chi connectivity index (χ4v) is 3.67. The first-order chi connectivity index (χ1) is 13.0. The Morgan fingerprint density at radius 1 is 1.37 bits per heavy atom. The quantitative estimate of drug-likeness (QED) is 0.438. The van der Waals surface area contributed by atoms with Crippen LogP contribution in [-0.2, 0) is 14.3 Å². The Kier molecular flexibility index (Phi) is 6.63. The molecule has 0 radical (unpaired) electrons. The molecule has 3 atom stereocenters. The van der Waals surface area contributed by atoms with Crippen LogP contribution in [0.15, 0.2) is 35.1 Å². The zero-order valence-corrected chi connectivity index (χ0v) is 16.4. The number of nitrogens with zero attached hydrogens (tertiary/aromatic N) is 1. The normalized spacial score (nSPS) is 24.8. The van der Waals surface area contributed by atoms with Gasteiger partial charge in [-0.05, 0) is 31.4 Å². The maximum Gasteiger partial charge on any atom is 0.277 e. The van der Waals surface area contributed by atoms with Gasteiger partial charge in [0.2, 0.25) is 0 Å². The van der Waals surface area contributed by atoms with Crippen molar-refractivity contribution in [3.05, 3.63) is 40.1 Å². The number of nitrogens with one attached hydrogen (secondary N) is 1. The number of hydrogen-bond acceptors (Lipinski definition) is 5. The molecular weight excluding hydrogens is 415 g/mol. The van der Waals surface area contributed by atoms with Crippen LogP contribution in [0.5, 0.6) is 5.75 Å². The van der Waals surface area contributed by atoms with E-state index in [0.717, 1.165) is 12.8 Å². The molecule has 0 aromatic heterocycles. The van der Waals surface area contributed by atoms with Gasteiger partial charge in [0.05, 0.1) is 29.0 Å². The van der Waals surface area contributed by atoms with Gasteiger partial charge in [-0.3, -0.25) is 9.59 Å². The number of Topliss-reactive ketones (excluding diaryl/α,β-unsaturated/α-hetero) is 1. The smallest absolute Gasteiger partial charge is 0.277 e. The van der Waals surface area contributed by atoms with Crippen molar-refractivity contribution in [2.24, 2.45) is 11.0 Å². The molecule has 1 amide bonds. The highest BCUT2D eigenvalue weighted by Gasteiger charge is 2.39. The topological polar surface area (TPSA) is 77.0 Å². The van der Waals surface area contributed by atoms with Crippen LogP contribution in [-0.4, -0.2) is 36.0 Å². The molecule has 0 saturated heterocycles. The lowest BCUT2D eigenvalue weighted by molar-refractivity contribution is -0.126. The molecule has 1 N–H and O–H groups in total. The molecule has 1 aromatic rings. The first-order valence-electron chi connectivity index (χ1n) is 8.38. The number of alkyl halides is 1. The number of halogens is 3. The van der Waals surface area contributed by atoms with Crippen molar-refractivity contribution in [1.82, 2.24) is 5.43 Å². The summed E-state index contributed by atoms with van der Waals surface area (Å²) >= 11 is 18.0. The second-order valence-electron chi connectivity index (χ2n) is 6.26. The van der Waals surface area contributed by atoms with Gasteiger partial charge in [-0.2, -0.15) is 5.10 Å². The molecule has 27 heavy (non-hydrogen) atoms. The summed E-state index contributed by atoms with van der Waals surface area (Å²) < 4.78 is 10.9. The molecule has 6 nitrogen and oxygen atoms in total. The summed E-state index contributed by atoms with van der Waals surface area (Å²) in [7, 11) is 0. The first kappa shape index (κ1) is 20.0. The summed E-state index contributed by atoms with van der Waals surface area (Å²) in [5.74, 6) is -0.558. The number of fused-ring (bicyclic) bond motifs is 1. The zero-order chi connectivity index (χ0) is 19.4. The summed E-state index contributed by atoms with van der Waals surface area (Å²) in [6.45, 7) is -0.306. The van der Waals surface area contributed by atoms with E-state index in [-0.39, 0.29) is 34.8 Å². The monoisotopic (exact) mass is 430 g/mol. The Morgan fingerprint density at radius 3 is 3.00 bits per heavy atom. The van der Waals surface area contributed by atoms with E-state index in [9.17, 15) is 9.59 Å². The third kappa shape index (κ3) is 4.94. The van der Waals surface area contributed by atoms with Crippen LogP contribution in [0.1, 0.15) is 19.3 Å². The van der Waals surface area contributed by atoms with Crippen LogP contribution in [0.3, 0.4) is 0 Å². The van der Waals surface area contributed by atoms with Gasteiger partial charge in [0.15, 0.2) is 12.4 Å². The van der Waals surface area contributed by atoms with E-state index >= 15 is 0 Å². The second kappa shape index (κ2) is 8.95. The lowest BCUT2D eigenvalue weighted by atomic mass is 9.80. The maximum atomic E-state index is 12.5. The summed E-state index contributed by atoms with van der Waals surface area (Å²) in [5.41, 5.74) is 2.58. The number of hydrazone groups is 1. The average molecular weight is 432 g/mol. The molecule has 1 saturated carbocycles. The van der Waals surface area contributed by atoms with E-state index in [0.29, 0.717) is 22.8 Å². The van der Waals surface area contributed by atoms with Gasteiger partial charge < -0.3 is 9.47 Å². The summed E-state index contributed by atoms with van der Waals surface area (Å²) in [6.07, 6.45) is 4.69. The minimum absolute atomic E-state index is 0.0229. The lowest BCUT2D eigenvalue weighted by Crippen LogP contribution is -2.40. The SMILES string of the molecule is O=C(COc1cccc(Cl)c1Cl)N/N=C/C1=COC2CCC(Cl)CC2C1=O. The van der Waals surface area contributed by atoms with Crippen molar-refractivity contribution in [1.29, 1.82) is 0 Å². The second-order valence-corrected chi connectivity index (χ2v) is 7.66. The molecule has 0 spiro atoms. The number of hydrogen-bond donors (Lipinski definition) is 1. The Morgan fingerprint density at radius 2 is 2.19 bits per heavy atom. The van der Waals surface area contributed by atoms with Gasteiger partial charge in [-0.15, -0.1) is 11.6 Å². The number of ketones is 1. The predicted molar refractivity (Wildman–Crippen MR) is 104 cm³/mol. The van der Waals surface area contributed by atoms with Crippen LogP contribution in [0.4, 0.5) is 0 Å². The molecule has 1 aliphatic heterocycles. The first-order valence-corrected chi connectivity index (χ1v) is 9.57. The third-order valence-electron chi connectivity index (χ3n) is 4.38. The molecular formula is C18H17Cl3N2O4. The molecule has 0 bridgehead atoms. The molecule has 1 heterocycles. The van der Waals surface area contributed by atoms with Gasteiger partial charge in [-0.25, -0.2) is 5.43 Å². The van der Waals surface area contributed by atoms with Gasteiger partial charge in [0.25, 0.3) is 5.91 Å². The standard InChI is InChI=1S/C18H17Cl3N2O4/c19-11-4-5-14-12(6-11)18(25)10(8-26-14)7-22-23-16(24)9-27-15-3-1-2-13(20)17(15)21/h1-3,7-8,11-12,14H,4-6,9H2,(H,23,24)/b22-7+.